The average molecular weight is 262 g/mol. The SMILES string of the molecule is Nc1ncnc2[nH]c(=O)n(-c3ccc(Cl)cc3)c12. The molecule has 0 atom stereocenters. The molecule has 0 aliphatic carbocycles. The molecular weight excluding hydrogens is 254 g/mol. The number of aromatic amines is 1. The van der Waals surface area contributed by atoms with Crippen LogP contribution in [0, 0.1) is 0 Å². The second-order valence-corrected chi connectivity index (χ2v) is 4.13. The minimum absolute atomic E-state index is 0.244. The molecule has 90 valence electrons. The Labute approximate surface area is 106 Å². The van der Waals surface area contributed by atoms with Gasteiger partial charge in [0.2, 0.25) is 0 Å². The van der Waals surface area contributed by atoms with Crippen molar-refractivity contribution in [3.05, 3.63) is 46.1 Å². The number of rotatable bonds is 1. The number of hydrogen-bond donors (Lipinski definition) is 2. The fourth-order valence-electron chi connectivity index (χ4n) is 1.80. The van der Waals surface area contributed by atoms with E-state index in [-0.39, 0.29) is 11.5 Å². The quantitative estimate of drug-likeness (QED) is 0.692. The summed E-state index contributed by atoms with van der Waals surface area (Å²) in [6.07, 6.45) is 1.31. The second-order valence-electron chi connectivity index (χ2n) is 3.70. The first-order valence-electron chi connectivity index (χ1n) is 5.14. The molecule has 3 N–H and O–H groups in total. The maximum atomic E-state index is 11.9. The van der Waals surface area contributed by atoms with E-state index in [4.69, 9.17) is 17.3 Å². The molecule has 2 aromatic heterocycles. The number of anilines is 1. The van der Waals surface area contributed by atoms with Crippen LogP contribution >= 0.6 is 11.6 Å². The van der Waals surface area contributed by atoms with E-state index in [1.54, 1.807) is 24.3 Å². The molecule has 1 aromatic carbocycles. The van der Waals surface area contributed by atoms with E-state index in [1.807, 2.05) is 0 Å². The van der Waals surface area contributed by atoms with Crippen molar-refractivity contribution in [2.75, 3.05) is 5.73 Å². The number of nitrogen functional groups attached to an aromatic ring is 1. The van der Waals surface area contributed by atoms with Crippen LogP contribution in [0.3, 0.4) is 0 Å². The topological polar surface area (TPSA) is 89.6 Å². The van der Waals surface area contributed by atoms with Gasteiger partial charge in [-0.2, -0.15) is 0 Å². The molecule has 0 fully saturated rings. The molecule has 6 nitrogen and oxygen atoms in total. The maximum Gasteiger partial charge on any atom is 0.332 e. The molecule has 7 heteroatoms. The number of fused-ring (bicyclic) bond motifs is 1. The van der Waals surface area contributed by atoms with Crippen LogP contribution in [0.2, 0.25) is 5.02 Å². The predicted molar refractivity (Wildman–Crippen MR) is 68.9 cm³/mol. The summed E-state index contributed by atoms with van der Waals surface area (Å²) in [5.41, 5.74) is 6.98. The number of benzene rings is 1. The van der Waals surface area contributed by atoms with Crippen LogP contribution in [0.5, 0.6) is 0 Å². The van der Waals surface area contributed by atoms with E-state index in [0.29, 0.717) is 21.9 Å². The van der Waals surface area contributed by atoms with Gasteiger partial charge in [0.1, 0.15) is 11.8 Å². The zero-order valence-electron chi connectivity index (χ0n) is 9.09. The standard InChI is InChI=1S/C11H8ClN5O/c12-6-1-3-7(4-2-6)17-8-9(13)14-5-15-10(8)16-11(17)18/h1-5H,(H3,13,14,15,16,18). The molecule has 0 aliphatic heterocycles. The summed E-state index contributed by atoms with van der Waals surface area (Å²) in [6, 6.07) is 6.84. The normalized spacial score (nSPS) is 10.9. The lowest BCUT2D eigenvalue weighted by Gasteiger charge is -2.04. The average Bonchev–Trinajstić information content (AvgIpc) is 2.68. The van der Waals surface area contributed by atoms with Crippen LogP contribution in [0.1, 0.15) is 0 Å². The first-order valence-corrected chi connectivity index (χ1v) is 5.52. The van der Waals surface area contributed by atoms with Gasteiger partial charge in [0.05, 0.1) is 5.69 Å². The van der Waals surface area contributed by atoms with Crippen molar-refractivity contribution in [1.29, 1.82) is 0 Å². The third-order valence-corrected chi connectivity index (χ3v) is 2.84. The Hall–Kier alpha value is -2.34. The number of halogens is 1. The highest BCUT2D eigenvalue weighted by Gasteiger charge is 2.12. The highest BCUT2D eigenvalue weighted by Crippen LogP contribution is 2.19. The van der Waals surface area contributed by atoms with Gasteiger partial charge in [0, 0.05) is 5.02 Å². The molecule has 3 aromatic rings. The highest BCUT2D eigenvalue weighted by atomic mass is 35.5. The zero-order valence-corrected chi connectivity index (χ0v) is 9.85. The molecule has 0 amide bonds. The number of imidazole rings is 1. The summed E-state index contributed by atoms with van der Waals surface area (Å²) in [7, 11) is 0. The van der Waals surface area contributed by atoms with Gasteiger partial charge in [-0.25, -0.2) is 14.8 Å². The van der Waals surface area contributed by atoms with Crippen molar-refractivity contribution in [2.45, 2.75) is 0 Å². The molecular formula is C11H8ClN5O. The number of nitrogens with zero attached hydrogens (tertiary/aromatic N) is 3. The van der Waals surface area contributed by atoms with E-state index in [9.17, 15) is 4.79 Å². The molecule has 0 radical (unpaired) electrons. The zero-order chi connectivity index (χ0) is 12.7. The van der Waals surface area contributed by atoms with Crippen molar-refractivity contribution in [3.8, 4) is 5.69 Å². The first-order chi connectivity index (χ1) is 8.66. The maximum absolute atomic E-state index is 11.9. The second kappa shape index (κ2) is 3.85. The molecule has 0 bridgehead atoms. The summed E-state index contributed by atoms with van der Waals surface area (Å²) in [6.45, 7) is 0. The Bertz CT molecular complexity index is 774. The summed E-state index contributed by atoms with van der Waals surface area (Å²) in [4.78, 5) is 22.4. The van der Waals surface area contributed by atoms with E-state index >= 15 is 0 Å². The Balaban J connectivity index is 2.38. The van der Waals surface area contributed by atoms with Gasteiger partial charge in [-0.3, -0.25) is 9.55 Å². The lowest BCUT2D eigenvalue weighted by molar-refractivity contribution is 1.01. The Morgan fingerprint density at radius 2 is 1.94 bits per heavy atom. The Morgan fingerprint density at radius 3 is 2.67 bits per heavy atom. The molecule has 3 rings (SSSR count). The van der Waals surface area contributed by atoms with Gasteiger partial charge in [-0.15, -0.1) is 0 Å². The number of aromatic nitrogens is 4. The summed E-state index contributed by atoms with van der Waals surface area (Å²) >= 11 is 5.82. The minimum Gasteiger partial charge on any atom is -0.382 e. The lowest BCUT2D eigenvalue weighted by Crippen LogP contribution is -2.15. The van der Waals surface area contributed by atoms with Crippen LogP contribution < -0.4 is 11.4 Å². The van der Waals surface area contributed by atoms with Crippen molar-refractivity contribution >= 4 is 28.6 Å². The third kappa shape index (κ3) is 1.54. The number of hydrogen-bond acceptors (Lipinski definition) is 4. The van der Waals surface area contributed by atoms with Crippen LogP contribution in [0.4, 0.5) is 5.82 Å². The molecule has 18 heavy (non-hydrogen) atoms. The van der Waals surface area contributed by atoms with Gasteiger partial charge in [0.15, 0.2) is 11.5 Å². The number of nitrogens with one attached hydrogen (secondary N) is 1. The van der Waals surface area contributed by atoms with Crippen molar-refractivity contribution in [2.24, 2.45) is 0 Å². The summed E-state index contributed by atoms with van der Waals surface area (Å²) in [5, 5.41) is 0.593. The molecule has 0 aliphatic rings. The van der Waals surface area contributed by atoms with Gasteiger partial charge < -0.3 is 5.73 Å². The van der Waals surface area contributed by atoms with E-state index in [1.165, 1.54) is 10.9 Å². The molecule has 0 saturated heterocycles. The minimum atomic E-state index is -0.320. The van der Waals surface area contributed by atoms with Crippen molar-refractivity contribution < 1.29 is 0 Å². The largest absolute Gasteiger partial charge is 0.382 e. The van der Waals surface area contributed by atoms with Crippen LogP contribution in [0.25, 0.3) is 16.9 Å². The highest BCUT2D eigenvalue weighted by molar-refractivity contribution is 6.30. The fraction of sp³-hybridized carbons (Fsp3) is 0. The van der Waals surface area contributed by atoms with Gasteiger partial charge in [-0.1, -0.05) is 11.6 Å². The van der Waals surface area contributed by atoms with E-state index < -0.39 is 0 Å². The summed E-state index contributed by atoms with van der Waals surface area (Å²) in [5.74, 6) is 0.244. The van der Waals surface area contributed by atoms with Gasteiger partial charge >= 0.3 is 5.69 Å². The first kappa shape index (κ1) is 10.8. The van der Waals surface area contributed by atoms with Crippen LogP contribution in [-0.4, -0.2) is 19.5 Å². The molecule has 0 unspecified atom stereocenters. The monoisotopic (exact) mass is 261 g/mol. The molecule has 0 saturated carbocycles. The fourth-order valence-corrected chi connectivity index (χ4v) is 1.93. The number of H-pyrrole nitrogens is 1. The Kier molecular flexibility index (Phi) is 2.31. The lowest BCUT2D eigenvalue weighted by atomic mass is 10.3. The molecule has 2 heterocycles. The van der Waals surface area contributed by atoms with Gasteiger partial charge in [0.25, 0.3) is 0 Å². The van der Waals surface area contributed by atoms with Crippen molar-refractivity contribution in [1.82, 2.24) is 19.5 Å². The van der Waals surface area contributed by atoms with Crippen LogP contribution in [-0.2, 0) is 0 Å². The predicted octanol–water partition coefficient (Wildman–Crippen LogP) is 1.34. The van der Waals surface area contributed by atoms with Crippen LogP contribution in [0.15, 0.2) is 35.4 Å². The Morgan fingerprint density at radius 1 is 1.22 bits per heavy atom. The summed E-state index contributed by atoms with van der Waals surface area (Å²) < 4.78 is 1.42. The van der Waals surface area contributed by atoms with E-state index in [2.05, 4.69) is 15.0 Å². The van der Waals surface area contributed by atoms with Gasteiger partial charge in [-0.05, 0) is 24.3 Å². The third-order valence-electron chi connectivity index (χ3n) is 2.59. The van der Waals surface area contributed by atoms with Crippen molar-refractivity contribution in [3.63, 3.8) is 0 Å². The smallest absolute Gasteiger partial charge is 0.332 e. The number of nitrogens with two attached hydrogens (primary N) is 1. The van der Waals surface area contributed by atoms with E-state index in [0.717, 1.165) is 0 Å². The molecule has 0 spiro atoms.